The highest BCUT2D eigenvalue weighted by atomic mass is 35.5. The maximum absolute atomic E-state index is 14.1. The van der Waals surface area contributed by atoms with E-state index in [0.29, 0.717) is 35.0 Å². The summed E-state index contributed by atoms with van der Waals surface area (Å²) in [4.78, 5) is 21.7. The van der Waals surface area contributed by atoms with Gasteiger partial charge in [0.1, 0.15) is 18.2 Å². The lowest BCUT2D eigenvalue weighted by Crippen LogP contribution is -2.31. The van der Waals surface area contributed by atoms with Gasteiger partial charge in [-0.1, -0.05) is 29.8 Å². The summed E-state index contributed by atoms with van der Waals surface area (Å²) in [7, 11) is 1.37. The smallest absolute Gasteiger partial charge is 0.337 e. The molecule has 0 radical (unpaired) electrons. The highest BCUT2D eigenvalue weighted by molar-refractivity contribution is 6.30. The fourth-order valence-corrected chi connectivity index (χ4v) is 4.85. The number of ether oxygens (including phenoxy) is 3. The zero-order chi connectivity index (χ0) is 26.9. The van der Waals surface area contributed by atoms with Gasteiger partial charge in [-0.2, -0.15) is 0 Å². The van der Waals surface area contributed by atoms with Crippen molar-refractivity contribution in [1.82, 2.24) is 14.5 Å². The number of pyridine rings is 1. The molecule has 3 heterocycles. The molecule has 5 aromatic rings. The van der Waals surface area contributed by atoms with Crippen LogP contribution >= 0.6 is 11.6 Å². The van der Waals surface area contributed by atoms with Crippen LogP contribution in [0.2, 0.25) is 5.02 Å². The summed E-state index contributed by atoms with van der Waals surface area (Å²) in [5, 5.41) is 1.30. The molecule has 0 aliphatic carbocycles. The summed E-state index contributed by atoms with van der Waals surface area (Å²) in [6.45, 7) is 1.45. The van der Waals surface area contributed by atoms with Crippen molar-refractivity contribution in [2.45, 2.75) is 32.1 Å². The fourth-order valence-electron chi connectivity index (χ4n) is 4.70. The van der Waals surface area contributed by atoms with E-state index in [1.807, 2.05) is 30.3 Å². The van der Waals surface area contributed by atoms with Crippen LogP contribution in [0.1, 0.15) is 33.7 Å². The van der Waals surface area contributed by atoms with E-state index in [0.717, 1.165) is 46.4 Å². The fraction of sp³-hybridized carbons (Fsp3) is 0.233. The van der Waals surface area contributed by atoms with E-state index in [-0.39, 0.29) is 18.7 Å². The Morgan fingerprint density at radius 3 is 2.69 bits per heavy atom. The first-order valence-corrected chi connectivity index (χ1v) is 13.0. The Balaban J connectivity index is 1.28. The van der Waals surface area contributed by atoms with Crippen molar-refractivity contribution in [1.29, 1.82) is 0 Å². The van der Waals surface area contributed by atoms with Crippen LogP contribution in [0, 0.1) is 5.82 Å². The van der Waals surface area contributed by atoms with Crippen LogP contribution < -0.4 is 4.74 Å². The first kappa shape index (κ1) is 25.3. The van der Waals surface area contributed by atoms with E-state index in [2.05, 4.69) is 15.6 Å². The van der Waals surface area contributed by atoms with Gasteiger partial charge in [-0.25, -0.2) is 19.2 Å². The number of nitrogens with zero attached hydrogens (tertiary/aromatic N) is 3. The molecular formula is C30H25ClFN3O4. The number of aromatic nitrogens is 3. The molecule has 0 spiro atoms. The lowest BCUT2D eigenvalue weighted by atomic mass is 10.1. The molecule has 1 aliphatic rings. The van der Waals surface area contributed by atoms with Gasteiger partial charge in [-0.15, -0.1) is 0 Å². The molecule has 1 atom stereocenters. The normalized spacial score (nSPS) is 14.9. The Bertz CT molecular complexity index is 1700. The maximum atomic E-state index is 14.1. The van der Waals surface area contributed by atoms with Crippen LogP contribution in [-0.2, 0) is 29.0 Å². The van der Waals surface area contributed by atoms with Crippen LogP contribution in [0.15, 0.2) is 66.7 Å². The lowest BCUT2D eigenvalue weighted by molar-refractivity contribution is -0.0589. The Hall–Kier alpha value is -4.01. The molecule has 198 valence electrons. The van der Waals surface area contributed by atoms with Gasteiger partial charge in [0.15, 0.2) is 0 Å². The van der Waals surface area contributed by atoms with Crippen molar-refractivity contribution in [2.75, 3.05) is 13.7 Å². The summed E-state index contributed by atoms with van der Waals surface area (Å²) < 4.78 is 32.7. The molecule has 9 heteroatoms. The number of fused-ring (bicyclic) bond motifs is 2. The number of carbonyl (C=O) groups is 1. The summed E-state index contributed by atoms with van der Waals surface area (Å²) in [5.74, 6) is 0.467. The molecule has 1 fully saturated rings. The number of benzene rings is 3. The molecule has 1 aliphatic heterocycles. The zero-order valence-electron chi connectivity index (χ0n) is 21.2. The van der Waals surface area contributed by atoms with Crippen molar-refractivity contribution in [3.63, 3.8) is 0 Å². The molecule has 1 saturated heterocycles. The van der Waals surface area contributed by atoms with Crippen molar-refractivity contribution < 1.29 is 23.4 Å². The Labute approximate surface area is 229 Å². The van der Waals surface area contributed by atoms with Crippen molar-refractivity contribution in [3.8, 4) is 5.88 Å². The average Bonchev–Trinajstić information content (AvgIpc) is 3.25. The molecule has 39 heavy (non-hydrogen) atoms. The summed E-state index contributed by atoms with van der Waals surface area (Å²) in [6.07, 6.45) is 1.66. The molecule has 0 amide bonds. The quantitative estimate of drug-likeness (QED) is 0.219. The molecule has 3 aromatic carbocycles. The third-order valence-electron chi connectivity index (χ3n) is 6.91. The van der Waals surface area contributed by atoms with Crippen LogP contribution in [0.25, 0.3) is 21.9 Å². The molecule has 2 aromatic heterocycles. The summed E-state index contributed by atoms with van der Waals surface area (Å²) in [6, 6.07) is 19.7. The number of methoxy groups -OCH3 is 1. The first-order chi connectivity index (χ1) is 19.0. The minimum Gasteiger partial charge on any atom is -0.473 e. The minimum absolute atomic E-state index is 0.0437. The van der Waals surface area contributed by atoms with Gasteiger partial charge in [-0.05, 0) is 54.4 Å². The Kier molecular flexibility index (Phi) is 6.89. The number of esters is 1. The van der Waals surface area contributed by atoms with Gasteiger partial charge < -0.3 is 18.8 Å². The topological polar surface area (TPSA) is 75.5 Å². The molecule has 0 saturated carbocycles. The van der Waals surface area contributed by atoms with Crippen LogP contribution in [0.4, 0.5) is 4.39 Å². The van der Waals surface area contributed by atoms with E-state index >= 15 is 0 Å². The molecule has 6 rings (SSSR count). The number of hydrogen-bond donors (Lipinski definition) is 0. The van der Waals surface area contributed by atoms with Gasteiger partial charge in [0, 0.05) is 35.1 Å². The van der Waals surface area contributed by atoms with Crippen molar-refractivity contribution >= 4 is 39.5 Å². The van der Waals surface area contributed by atoms with E-state index in [1.54, 1.807) is 24.3 Å². The second kappa shape index (κ2) is 10.6. The van der Waals surface area contributed by atoms with Crippen LogP contribution in [0.3, 0.4) is 0 Å². The Morgan fingerprint density at radius 2 is 1.92 bits per heavy atom. The number of rotatable bonds is 8. The second-order valence-corrected chi connectivity index (χ2v) is 9.93. The van der Waals surface area contributed by atoms with Crippen molar-refractivity contribution in [3.05, 3.63) is 100 Å². The summed E-state index contributed by atoms with van der Waals surface area (Å²) >= 11 is 5.84. The van der Waals surface area contributed by atoms with E-state index in [4.69, 9.17) is 30.8 Å². The largest absolute Gasteiger partial charge is 0.473 e. The zero-order valence-corrected chi connectivity index (χ0v) is 22.0. The summed E-state index contributed by atoms with van der Waals surface area (Å²) in [5.41, 5.74) is 4.34. The van der Waals surface area contributed by atoms with Crippen LogP contribution in [0.5, 0.6) is 5.88 Å². The van der Waals surface area contributed by atoms with Gasteiger partial charge in [0.25, 0.3) is 0 Å². The highest BCUT2D eigenvalue weighted by Gasteiger charge is 2.22. The van der Waals surface area contributed by atoms with Gasteiger partial charge in [-0.3, -0.25) is 0 Å². The number of imidazole rings is 1. The van der Waals surface area contributed by atoms with Gasteiger partial charge in [0.05, 0.1) is 41.9 Å². The van der Waals surface area contributed by atoms with Crippen LogP contribution in [-0.4, -0.2) is 40.3 Å². The number of carbonyl (C=O) groups excluding carboxylic acids is 1. The van der Waals surface area contributed by atoms with E-state index < -0.39 is 5.82 Å². The molecular weight excluding hydrogens is 521 g/mol. The predicted octanol–water partition coefficient (Wildman–Crippen LogP) is 6.12. The molecule has 7 nitrogen and oxygen atoms in total. The Morgan fingerprint density at radius 1 is 1.08 bits per heavy atom. The minimum atomic E-state index is -0.417. The number of hydrogen-bond acceptors (Lipinski definition) is 6. The molecule has 0 N–H and O–H groups in total. The van der Waals surface area contributed by atoms with Gasteiger partial charge in [0.2, 0.25) is 5.88 Å². The van der Waals surface area contributed by atoms with E-state index in [9.17, 15) is 9.18 Å². The van der Waals surface area contributed by atoms with Gasteiger partial charge >= 0.3 is 5.97 Å². The SMILES string of the molecule is COC(=O)c1ccc2nc(Cc3ccc4ccc(OCc5ccc(Cl)cc5F)nc4c3)n(C[C@@H]3CCO3)c2c1. The lowest BCUT2D eigenvalue weighted by Gasteiger charge is -2.27. The predicted molar refractivity (Wildman–Crippen MR) is 146 cm³/mol. The number of halogens is 2. The standard InChI is InChI=1S/C30H25ClFN3O4/c1-37-30(36)20-5-8-25-27(14-20)35(16-23-10-11-38-23)28(33-25)13-18-2-3-19-6-9-29(34-26(19)12-18)39-17-21-4-7-22(31)15-24(21)32/h2-9,12,14-15,23H,10-11,13,16-17H2,1H3/t23-/m0/s1. The third-order valence-corrected chi connectivity index (χ3v) is 7.15. The highest BCUT2D eigenvalue weighted by Crippen LogP contribution is 2.26. The third kappa shape index (κ3) is 5.30. The molecule has 0 unspecified atom stereocenters. The van der Waals surface area contributed by atoms with E-state index in [1.165, 1.54) is 13.2 Å². The monoisotopic (exact) mass is 545 g/mol. The first-order valence-electron chi connectivity index (χ1n) is 12.6. The van der Waals surface area contributed by atoms with Crippen molar-refractivity contribution in [2.24, 2.45) is 0 Å². The average molecular weight is 546 g/mol. The maximum Gasteiger partial charge on any atom is 0.337 e. The second-order valence-electron chi connectivity index (χ2n) is 9.49. The molecule has 0 bridgehead atoms.